The van der Waals surface area contributed by atoms with Crippen LogP contribution in [0.15, 0.2) is 30.3 Å². The standard InChI is InChI=1S/C10H10ClNO2/c11-7-2-1-4-9-5-3-6-10(8-9)12(13)14/h1,3-6,8H,2,7H2. The highest BCUT2D eigenvalue weighted by Gasteiger charge is 2.02. The van der Waals surface area contributed by atoms with E-state index in [1.54, 1.807) is 6.07 Å². The first-order valence-electron chi connectivity index (χ1n) is 4.21. The van der Waals surface area contributed by atoms with E-state index in [9.17, 15) is 10.1 Å². The molecule has 0 bridgehead atoms. The summed E-state index contributed by atoms with van der Waals surface area (Å²) in [5, 5.41) is 10.4. The Morgan fingerprint density at radius 1 is 1.50 bits per heavy atom. The number of nitrogens with zero attached hydrogens (tertiary/aromatic N) is 1. The lowest BCUT2D eigenvalue weighted by molar-refractivity contribution is -0.384. The van der Waals surface area contributed by atoms with E-state index in [0.29, 0.717) is 5.88 Å². The molecule has 0 aliphatic heterocycles. The molecule has 0 aromatic heterocycles. The van der Waals surface area contributed by atoms with Gasteiger partial charge >= 0.3 is 0 Å². The molecule has 1 aromatic carbocycles. The van der Waals surface area contributed by atoms with Gasteiger partial charge in [-0.25, -0.2) is 0 Å². The Labute approximate surface area is 87.2 Å². The van der Waals surface area contributed by atoms with E-state index in [0.717, 1.165) is 12.0 Å². The second-order valence-corrected chi connectivity index (χ2v) is 3.11. The molecule has 0 saturated carbocycles. The zero-order valence-corrected chi connectivity index (χ0v) is 8.28. The van der Waals surface area contributed by atoms with Crippen LogP contribution in [0.1, 0.15) is 12.0 Å². The molecule has 0 atom stereocenters. The maximum Gasteiger partial charge on any atom is 0.270 e. The van der Waals surface area contributed by atoms with Crippen molar-refractivity contribution in [3.8, 4) is 0 Å². The summed E-state index contributed by atoms with van der Waals surface area (Å²) in [6.07, 6.45) is 4.49. The molecule has 0 radical (unpaired) electrons. The molecule has 0 fully saturated rings. The maximum atomic E-state index is 10.4. The minimum absolute atomic E-state index is 0.109. The number of rotatable bonds is 4. The first-order valence-corrected chi connectivity index (χ1v) is 4.74. The number of allylic oxidation sites excluding steroid dienone is 1. The maximum absolute atomic E-state index is 10.4. The third-order valence-electron chi connectivity index (χ3n) is 1.67. The van der Waals surface area contributed by atoms with Gasteiger partial charge in [-0.2, -0.15) is 0 Å². The Kier molecular flexibility index (Phi) is 4.13. The van der Waals surface area contributed by atoms with Gasteiger partial charge < -0.3 is 0 Å². The van der Waals surface area contributed by atoms with Gasteiger partial charge in [0.25, 0.3) is 5.69 Å². The molecule has 0 amide bonds. The summed E-state index contributed by atoms with van der Waals surface area (Å²) in [7, 11) is 0. The fourth-order valence-electron chi connectivity index (χ4n) is 1.02. The smallest absolute Gasteiger partial charge is 0.258 e. The molecule has 0 saturated heterocycles. The average Bonchev–Trinajstić information content (AvgIpc) is 2.19. The van der Waals surface area contributed by atoms with E-state index in [-0.39, 0.29) is 5.69 Å². The van der Waals surface area contributed by atoms with Crippen LogP contribution in [0.5, 0.6) is 0 Å². The summed E-state index contributed by atoms with van der Waals surface area (Å²) in [6, 6.07) is 6.49. The predicted molar refractivity (Wildman–Crippen MR) is 57.5 cm³/mol. The number of alkyl halides is 1. The van der Waals surface area contributed by atoms with Crippen LogP contribution in [0, 0.1) is 10.1 Å². The van der Waals surface area contributed by atoms with E-state index in [1.165, 1.54) is 12.1 Å². The molecular weight excluding hydrogens is 202 g/mol. The van der Waals surface area contributed by atoms with Crippen LogP contribution in [0.4, 0.5) is 5.69 Å². The van der Waals surface area contributed by atoms with Gasteiger partial charge in [-0.15, -0.1) is 11.6 Å². The number of non-ortho nitro benzene ring substituents is 1. The van der Waals surface area contributed by atoms with Gasteiger partial charge in [0.2, 0.25) is 0 Å². The molecule has 1 rings (SSSR count). The lowest BCUT2D eigenvalue weighted by atomic mass is 10.2. The zero-order chi connectivity index (χ0) is 10.4. The lowest BCUT2D eigenvalue weighted by Gasteiger charge is -1.93. The van der Waals surface area contributed by atoms with Gasteiger partial charge in [-0.3, -0.25) is 10.1 Å². The van der Waals surface area contributed by atoms with Crippen LogP contribution in [0.2, 0.25) is 0 Å². The van der Waals surface area contributed by atoms with Crippen molar-refractivity contribution >= 4 is 23.4 Å². The summed E-state index contributed by atoms with van der Waals surface area (Å²) in [5.41, 5.74) is 0.933. The second-order valence-electron chi connectivity index (χ2n) is 2.73. The van der Waals surface area contributed by atoms with Gasteiger partial charge in [0.1, 0.15) is 0 Å². The zero-order valence-electron chi connectivity index (χ0n) is 7.52. The lowest BCUT2D eigenvalue weighted by Crippen LogP contribution is -1.87. The molecule has 0 spiro atoms. The molecule has 14 heavy (non-hydrogen) atoms. The normalized spacial score (nSPS) is 10.6. The molecule has 0 unspecified atom stereocenters. The number of hydrogen-bond donors (Lipinski definition) is 0. The monoisotopic (exact) mass is 211 g/mol. The molecule has 3 nitrogen and oxygen atoms in total. The van der Waals surface area contributed by atoms with Gasteiger partial charge in [0, 0.05) is 18.0 Å². The van der Waals surface area contributed by atoms with Crippen molar-refractivity contribution in [1.29, 1.82) is 0 Å². The van der Waals surface area contributed by atoms with Crippen molar-refractivity contribution < 1.29 is 4.92 Å². The molecule has 0 aliphatic carbocycles. The van der Waals surface area contributed by atoms with Crippen LogP contribution in [-0.4, -0.2) is 10.8 Å². The van der Waals surface area contributed by atoms with E-state index in [2.05, 4.69) is 0 Å². The van der Waals surface area contributed by atoms with Crippen molar-refractivity contribution in [2.45, 2.75) is 6.42 Å². The molecule has 0 N–H and O–H groups in total. The van der Waals surface area contributed by atoms with E-state index in [1.807, 2.05) is 18.2 Å². The van der Waals surface area contributed by atoms with Crippen LogP contribution < -0.4 is 0 Å². The number of benzene rings is 1. The molecule has 0 heterocycles. The second kappa shape index (κ2) is 5.40. The Bertz CT molecular complexity index is 350. The average molecular weight is 212 g/mol. The minimum Gasteiger partial charge on any atom is -0.258 e. The predicted octanol–water partition coefficient (Wildman–Crippen LogP) is 3.24. The van der Waals surface area contributed by atoms with Gasteiger partial charge in [-0.05, 0) is 12.0 Å². The summed E-state index contributed by atoms with van der Waals surface area (Å²) in [6.45, 7) is 0. The molecular formula is C10H10ClNO2. The highest BCUT2D eigenvalue weighted by molar-refractivity contribution is 6.17. The first-order chi connectivity index (χ1) is 6.74. The highest BCUT2D eigenvalue weighted by Crippen LogP contribution is 2.14. The van der Waals surface area contributed by atoms with Crippen molar-refractivity contribution in [2.75, 3.05) is 5.88 Å². The van der Waals surface area contributed by atoms with E-state index >= 15 is 0 Å². The largest absolute Gasteiger partial charge is 0.270 e. The quantitative estimate of drug-likeness (QED) is 0.436. The fourth-order valence-corrected chi connectivity index (χ4v) is 1.15. The summed E-state index contributed by atoms with van der Waals surface area (Å²) >= 11 is 5.49. The fraction of sp³-hybridized carbons (Fsp3) is 0.200. The summed E-state index contributed by atoms with van der Waals surface area (Å²) in [4.78, 5) is 10.0. The number of nitro benzene ring substituents is 1. The van der Waals surface area contributed by atoms with Gasteiger partial charge in [0.15, 0.2) is 0 Å². The van der Waals surface area contributed by atoms with Crippen molar-refractivity contribution in [2.24, 2.45) is 0 Å². The highest BCUT2D eigenvalue weighted by atomic mass is 35.5. The van der Waals surface area contributed by atoms with Crippen LogP contribution >= 0.6 is 11.6 Å². The Morgan fingerprint density at radius 2 is 2.29 bits per heavy atom. The number of halogens is 1. The van der Waals surface area contributed by atoms with Crippen LogP contribution in [0.3, 0.4) is 0 Å². The SMILES string of the molecule is O=[N+]([O-])c1cccc(C=CCCCl)c1. The topological polar surface area (TPSA) is 43.1 Å². The Morgan fingerprint density at radius 3 is 2.93 bits per heavy atom. The Hall–Kier alpha value is -1.35. The molecule has 74 valence electrons. The minimum atomic E-state index is -0.404. The molecule has 0 aliphatic rings. The third kappa shape index (κ3) is 3.18. The van der Waals surface area contributed by atoms with E-state index < -0.39 is 4.92 Å². The Balaban J connectivity index is 2.78. The van der Waals surface area contributed by atoms with Gasteiger partial charge in [-0.1, -0.05) is 24.3 Å². The van der Waals surface area contributed by atoms with Crippen molar-refractivity contribution in [1.82, 2.24) is 0 Å². The van der Waals surface area contributed by atoms with Crippen LogP contribution in [0.25, 0.3) is 6.08 Å². The summed E-state index contributed by atoms with van der Waals surface area (Å²) < 4.78 is 0. The molecule has 4 heteroatoms. The van der Waals surface area contributed by atoms with Crippen molar-refractivity contribution in [3.63, 3.8) is 0 Å². The van der Waals surface area contributed by atoms with Crippen LogP contribution in [-0.2, 0) is 0 Å². The molecule has 1 aromatic rings. The number of hydrogen-bond acceptors (Lipinski definition) is 2. The van der Waals surface area contributed by atoms with Crippen molar-refractivity contribution in [3.05, 3.63) is 46.0 Å². The first kappa shape index (κ1) is 10.7. The number of nitro groups is 1. The summed E-state index contributed by atoms with van der Waals surface area (Å²) in [5.74, 6) is 0.561. The third-order valence-corrected chi connectivity index (χ3v) is 1.89. The van der Waals surface area contributed by atoms with E-state index in [4.69, 9.17) is 11.6 Å². The van der Waals surface area contributed by atoms with Gasteiger partial charge in [0.05, 0.1) is 4.92 Å².